The molecule has 0 radical (unpaired) electrons. The lowest BCUT2D eigenvalue weighted by atomic mass is 10.0. The molecule has 0 unspecified atom stereocenters. The minimum atomic E-state index is -1.00. The SMILES string of the molecule is CCC(=O)Oc1cc(CC(=O)O)cc2ccc3ccccc3c(=O)c12. The summed E-state index contributed by atoms with van der Waals surface area (Å²) in [5.41, 5.74) is 0.213. The summed E-state index contributed by atoms with van der Waals surface area (Å²) in [6, 6.07) is 13.8. The van der Waals surface area contributed by atoms with Crippen molar-refractivity contribution in [3.05, 3.63) is 64.3 Å². The average molecular weight is 336 g/mol. The highest BCUT2D eigenvalue weighted by molar-refractivity contribution is 5.98. The summed E-state index contributed by atoms with van der Waals surface area (Å²) in [5, 5.41) is 11.1. The topological polar surface area (TPSA) is 80.7 Å². The molecule has 126 valence electrons. The smallest absolute Gasteiger partial charge is 0.310 e. The molecule has 0 saturated heterocycles. The first kappa shape index (κ1) is 16.6. The minimum Gasteiger partial charge on any atom is -0.481 e. The molecule has 0 amide bonds. The van der Waals surface area contributed by atoms with E-state index in [1.807, 2.05) is 12.1 Å². The molecule has 0 aliphatic heterocycles. The van der Waals surface area contributed by atoms with E-state index in [4.69, 9.17) is 9.84 Å². The largest absolute Gasteiger partial charge is 0.481 e. The van der Waals surface area contributed by atoms with Crippen LogP contribution in [0.5, 0.6) is 5.75 Å². The highest BCUT2D eigenvalue weighted by Gasteiger charge is 2.14. The van der Waals surface area contributed by atoms with Crippen molar-refractivity contribution < 1.29 is 19.4 Å². The zero-order valence-electron chi connectivity index (χ0n) is 13.6. The maximum atomic E-state index is 13.0. The molecule has 5 heteroatoms. The molecule has 0 atom stereocenters. The minimum absolute atomic E-state index is 0.104. The lowest BCUT2D eigenvalue weighted by Crippen LogP contribution is -2.10. The zero-order valence-corrected chi connectivity index (χ0v) is 13.6. The van der Waals surface area contributed by atoms with E-state index in [0.29, 0.717) is 16.3 Å². The number of esters is 1. The fraction of sp³-hybridized carbons (Fsp3) is 0.150. The summed E-state index contributed by atoms with van der Waals surface area (Å²) in [6.07, 6.45) is -0.0719. The molecule has 0 aromatic heterocycles. The van der Waals surface area contributed by atoms with Gasteiger partial charge in [0, 0.05) is 11.8 Å². The number of benzene rings is 2. The van der Waals surface area contributed by atoms with Gasteiger partial charge < -0.3 is 9.84 Å². The van der Waals surface area contributed by atoms with Gasteiger partial charge in [-0.15, -0.1) is 0 Å². The number of aliphatic carboxylic acids is 1. The lowest BCUT2D eigenvalue weighted by molar-refractivity contribution is -0.136. The molecule has 0 saturated carbocycles. The predicted molar refractivity (Wildman–Crippen MR) is 95.0 cm³/mol. The Labute approximate surface area is 143 Å². The molecular weight excluding hydrogens is 320 g/mol. The molecule has 3 aromatic rings. The van der Waals surface area contributed by atoms with Crippen LogP contribution in [0.25, 0.3) is 21.5 Å². The van der Waals surface area contributed by atoms with Gasteiger partial charge in [0.1, 0.15) is 5.75 Å². The van der Waals surface area contributed by atoms with Crippen LogP contribution in [0.15, 0.2) is 53.3 Å². The Hall–Kier alpha value is -3.21. The third-order valence-corrected chi connectivity index (χ3v) is 3.94. The van der Waals surface area contributed by atoms with E-state index >= 15 is 0 Å². The van der Waals surface area contributed by atoms with Crippen LogP contribution in [0.4, 0.5) is 0 Å². The summed E-state index contributed by atoms with van der Waals surface area (Å²) in [5.74, 6) is -1.38. The molecule has 3 rings (SSSR count). The Morgan fingerprint density at radius 3 is 2.48 bits per heavy atom. The normalized spacial score (nSPS) is 10.8. The molecule has 0 spiro atoms. The number of fused-ring (bicyclic) bond motifs is 2. The van der Waals surface area contributed by atoms with Crippen molar-refractivity contribution in [1.82, 2.24) is 0 Å². The van der Waals surface area contributed by atoms with E-state index < -0.39 is 11.9 Å². The van der Waals surface area contributed by atoms with Crippen LogP contribution < -0.4 is 10.2 Å². The van der Waals surface area contributed by atoms with Gasteiger partial charge in [0.2, 0.25) is 0 Å². The van der Waals surface area contributed by atoms with E-state index in [2.05, 4.69) is 0 Å². The second kappa shape index (κ2) is 6.73. The zero-order chi connectivity index (χ0) is 18.0. The molecule has 1 N–H and O–H groups in total. The molecule has 3 aromatic carbocycles. The lowest BCUT2D eigenvalue weighted by Gasteiger charge is -2.08. The molecule has 0 aliphatic rings. The van der Waals surface area contributed by atoms with Crippen LogP contribution in [-0.4, -0.2) is 17.0 Å². The van der Waals surface area contributed by atoms with Crippen molar-refractivity contribution in [2.24, 2.45) is 0 Å². The highest BCUT2D eigenvalue weighted by Crippen LogP contribution is 2.27. The number of hydrogen-bond donors (Lipinski definition) is 1. The molecule has 0 bridgehead atoms. The maximum absolute atomic E-state index is 13.0. The Balaban J connectivity index is 2.40. The van der Waals surface area contributed by atoms with Crippen LogP contribution in [0.3, 0.4) is 0 Å². The van der Waals surface area contributed by atoms with Crippen LogP contribution in [0.2, 0.25) is 0 Å². The molecule has 0 heterocycles. The third kappa shape index (κ3) is 3.35. The molecule has 0 fully saturated rings. The van der Waals surface area contributed by atoms with E-state index in [-0.39, 0.29) is 29.4 Å². The monoisotopic (exact) mass is 336 g/mol. The molecule has 5 nitrogen and oxygen atoms in total. The molecular formula is C20H16O5. The second-order valence-electron chi connectivity index (χ2n) is 5.71. The number of carbonyl (C=O) groups is 2. The van der Waals surface area contributed by atoms with Crippen LogP contribution in [0.1, 0.15) is 18.9 Å². The summed E-state index contributed by atoms with van der Waals surface area (Å²) < 4.78 is 5.34. The van der Waals surface area contributed by atoms with Gasteiger partial charge in [0.15, 0.2) is 5.43 Å². The van der Waals surface area contributed by atoms with Gasteiger partial charge in [-0.2, -0.15) is 0 Å². The summed E-state index contributed by atoms with van der Waals surface area (Å²) in [4.78, 5) is 35.8. The number of hydrogen-bond acceptors (Lipinski definition) is 4. The van der Waals surface area contributed by atoms with E-state index in [0.717, 1.165) is 5.39 Å². The van der Waals surface area contributed by atoms with Gasteiger partial charge >= 0.3 is 11.9 Å². The number of carbonyl (C=O) groups excluding carboxylic acids is 1. The first-order chi connectivity index (χ1) is 12.0. The number of carboxylic acid groups (broad SMARTS) is 1. The Morgan fingerprint density at radius 2 is 1.76 bits per heavy atom. The summed E-state index contributed by atoms with van der Waals surface area (Å²) >= 11 is 0. The van der Waals surface area contributed by atoms with Crippen molar-refractivity contribution in [3.63, 3.8) is 0 Å². The van der Waals surface area contributed by atoms with Crippen molar-refractivity contribution in [2.75, 3.05) is 0 Å². The standard InChI is InChI=1S/C20H16O5/c1-2-18(23)25-16-10-12(11-17(21)22)9-14-8-7-13-5-3-4-6-15(13)20(24)19(14)16/h3-10H,2,11H2,1H3,(H,21,22). The predicted octanol–water partition coefficient (Wildman–Crippen LogP) is 3.30. The first-order valence-corrected chi connectivity index (χ1v) is 7.90. The van der Waals surface area contributed by atoms with Gasteiger partial charge in [-0.25, -0.2) is 0 Å². The fourth-order valence-electron chi connectivity index (χ4n) is 2.79. The van der Waals surface area contributed by atoms with E-state index in [1.165, 1.54) is 6.07 Å². The fourth-order valence-corrected chi connectivity index (χ4v) is 2.79. The van der Waals surface area contributed by atoms with Crippen molar-refractivity contribution in [3.8, 4) is 5.75 Å². The van der Waals surface area contributed by atoms with Crippen molar-refractivity contribution in [1.29, 1.82) is 0 Å². The summed E-state index contributed by atoms with van der Waals surface area (Å²) in [7, 11) is 0. The third-order valence-electron chi connectivity index (χ3n) is 3.94. The number of carboxylic acids is 1. The molecule has 0 aliphatic carbocycles. The van der Waals surface area contributed by atoms with E-state index in [1.54, 1.807) is 37.3 Å². The number of rotatable bonds is 4. The van der Waals surface area contributed by atoms with Crippen LogP contribution in [-0.2, 0) is 16.0 Å². The Kier molecular flexibility index (Phi) is 4.48. The van der Waals surface area contributed by atoms with Gasteiger partial charge in [-0.3, -0.25) is 14.4 Å². The van der Waals surface area contributed by atoms with Gasteiger partial charge in [0.25, 0.3) is 0 Å². The van der Waals surface area contributed by atoms with Crippen LogP contribution >= 0.6 is 0 Å². The number of ether oxygens (including phenoxy) is 1. The maximum Gasteiger partial charge on any atom is 0.310 e. The second-order valence-corrected chi connectivity index (χ2v) is 5.71. The quantitative estimate of drug-likeness (QED) is 0.584. The average Bonchev–Trinajstić information content (AvgIpc) is 2.72. The highest BCUT2D eigenvalue weighted by atomic mass is 16.5. The van der Waals surface area contributed by atoms with E-state index in [9.17, 15) is 14.4 Å². The Bertz CT molecular complexity index is 1050. The van der Waals surface area contributed by atoms with Gasteiger partial charge in [-0.05, 0) is 22.4 Å². The summed E-state index contributed by atoms with van der Waals surface area (Å²) in [6.45, 7) is 1.65. The Morgan fingerprint density at radius 1 is 1.04 bits per heavy atom. The molecule has 25 heavy (non-hydrogen) atoms. The van der Waals surface area contributed by atoms with Crippen LogP contribution in [0, 0.1) is 0 Å². The van der Waals surface area contributed by atoms with Crippen molar-refractivity contribution >= 4 is 33.5 Å². The van der Waals surface area contributed by atoms with Gasteiger partial charge in [0.05, 0.1) is 11.8 Å². The van der Waals surface area contributed by atoms with Crippen molar-refractivity contribution in [2.45, 2.75) is 19.8 Å². The first-order valence-electron chi connectivity index (χ1n) is 7.90. The van der Waals surface area contributed by atoms with Gasteiger partial charge in [-0.1, -0.05) is 49.4 Å².